The fourth-order valence-corrected chi connectivity index (χ4v) is 1.91. The van der Waals surface area contributed by atoms with Crippen molar-refractivity contribution >= 4 is 41.3 Å². The molecule has 0 aromatic carbocycles. The molecule has 0 aliphatic carbocycles. The molecule has 0 amide bonds. The lowest BCUT2D eigenvalue weighted by atomic mass is 10.1. The maximum absolute atomic E-state index is 5.63. The van der Waals surface area contributed by atoms with Crippen molar-refractivity contribution in [1.82, 2.24) is 5.32 Å². The topological polar surface area (TPSA) is 50.4 Å². The molecule has 0 radical (unpaired) electrons. The van der Waals surface area contributed by atoms with Crippen LogP contribution < -0.4 is 11.1 Å². The molecule has 15 heavy (non-hydrogen) atoms. The summed E-state index contributed by atoms with van der Waals surface area (Å²) in [7, 11) is 0. The van der Waals surface area contributed by atoms with Crippen LogP contribution in [0.5, 0.6) is 0 Å². The molecule has 0 spiro atoms. The second-order valence-corrected chi connectivity index (χ2v) is 4.15. The summed E-state index contributed by atoms with van der Waals surface area (Å²) in [6.45, 7) is 5.74. The van der Waals surface area contributed by atoms with Gasteiger partial charge >= 0.3 is 0 Å². The van der Waals surface area contributed by atoms with Gasteiger partial charge in [0.2, 0.25) is 0 Å². The van der Waals surface area contributed by atoms with Gasteiger partial charge in [0.15, 0.2) is 5.96 Å². The average Bonchev–Trinajstić information content (AvgIpc) is 2.67. The zero-order chi connectivity index (χ0) is 10.4. The number of nitrogens with two attached hydrogens (primary N) is 1. The van der Waals surface area contributed by atoms with Gasteiger partial charge in [-0.15, -0.1) is 35.3 Å². The van der Waals surface area contributed by atoms with Gasteiger partial charge in [0.1, 0.15) is 0 Å². The van der Waals surface area contributed by atoms with E-state index in [4.69, 9.17) is 5.73 Å². The Morgan fingerprint density at radius 2 is 2.40 bits per heavy atom. The van der Waals surface area contributed by atoms with Crippen LogP contribution in [0.2, 0.25) is 0 Å². The Hall–Kier alpha value is -0.300. The highest BCUT2D eigenvalue weighted by molar-refractivity contribution is 14.0. The van der Waals surface area contributed by atoms with Crippen LogP contribution in [0, 0.1) is 0 Å². The first-order chi connectivity index (χ1) is 6.74. The number of guanidine groups is 1. The first-order valence-electron chi connectivity index (χ1n) is 4.81. The number of thiophene rings is 1. The van der Waals surface area contributed by atoms with E-state index >= 15 is 0 Å². The molecule has 1 heterocycles. The summed E-state index contributed by atoms with van der Waals surface area (Å²) in [5, 5.41) is 5.06. The Labute approximate surface area is 112 Å². The summed E-state index contributed by atoms with van der Waals surface area (Å²) in [5.74, 6) is 0.989. The minimum absolute atomic E-state index is 0. The first kappa shape index (κ1) is 14.7. The van der Waals surface area contributed by atoms with Crippen molar-refractivity contribution in [3.8, 4) is 0 Å². The molecule has 0 aliphatic heterocycles. The molecule has 0 saturated carbocycles. The molecule has 5 heteroatoms. The second-order valence-electron chi connectivity index (χ2n) is 3.17. The van der Waals surface area contributed by atoms with E-state index in [0.29, 0.717) is 11.9 Å². The number of halogens is 1. The lowest BCUT2D eigenvalue weighted by Crippen LogP contribution is -2.31. The maximum atomic E-state index is 5.63. The molecule has 3 nitrogen and oxygen atoms in total. The van der Waals surface area contributed by atoms with Gasteiger partial charge < -0.3 is 11.1 Å². The zero-order valence-electron chi connectivity index (χ0n) is 9.06. The molecule has 1 atom stereocenters. The summed E-state index contributed by atoms with van der Waals surface area (Å²) in [6, 6.07) is 4.20. The van der Waals surface area contributed by atoms with E-state index in [1.54, 1.807) is 11.3 Å². The number of rotatable bonds is 4. The molecule has 1 aromatic rings. The summed E-state index contributed by atoms with van der Waals surface area (Å²) in [4.78, 5) is 5.62. The Bertz CT molecular complexity index is 285. The monoisotopic (exact) mass is 339 g/mol. The van der Waals surface area contributed by atoms with E-state index in [2.05, 4.69) is 34.7 Å². The van der Waals surface area contributed by atoms with Crippen molar-refractivity contribution in [2.45, 2.75) is 19.8 Å². The van der Waals surface area contributed by atoms with Gasteiger partial charge in [-0.25, -0.2) is 0 Å². The summed E-state index contributed by atoms with van der Waals surface area (Å²) < 4.78 is 0. The van der Waals surface area contributed by atoms with Gasteiger partial charge in [-0.3, -0.25) is 4.99 Å². The predicted molar refractivity (Wildman–Crippen MR) is 78.3 cm³/mol. The molecular formula is C10H18IN3S. The van der Waals surface area contributed by atoms with Crippen LogP contribution in [0.25, 0.3) is 0 Å². The van der Waals surface area contributed by atoms with Crippen LogP contribution in [0.15, 0.2) is 22.5 Å². The summed E-state index contributed by atoms with van der Waals surface area (Å²) in [6.07, 6.45) is 0. The van der Waals surface area contributed by atoms with Crippen molar-refractivity contribution in [1.29, 1.82) is 0 Å². The number of aliphatic imine (C=N–C) groups is 1. The Kier molecular flexibility index (Phi) is 7.76. The Morgan fingerprint density at radius 1 is 1.67 bits per heavy atom. The van der Waals surface area contributed by atoms with Crippen molar-refractivity contribution in [2.75, 3.05) is 13.1 Å². The SMILES string of the molecule is CCNC(N)=NCC(C)c1cccs1.I. The molecule has 1 unspecified atom stereocenters. The highest BCUT2D eigenvalue weighted by Gasteiger charge is 2.04. The highest BCUT2D eigenvalue weighted by Crippen LogP contribution is 2.20. The van der Waals surface area contributed by atoms with Gasteiger partial charge in [-0.2, -0.15) is 0 Å². The standard InChI is InChI=1S/C10H17N3S.HI/c1-3-12-10(11)13-7-8(2)9-5-4-6-14-9;/h4-6,8H,3,7H2,1-2H3,(H3,11,12,13);1H. The van der Waals surface area contributed by atoms with Gasteiger partial charge in [-0.1, -0.05) is 13.0 Å². The molecule has 1 rings (SSSR count). The van der Waals surface area contributed by atoms with Crippen LogP contribution in [0.1, 0.15) is 24.6 Å². The normalized spacial score (nSPS) is 13.1. The summed E-state index contributed by atoms with van der Waals surface area (Å²) in [5.41, 5.74) is 5.63. The lowest BCUT2D eigenvalue weighted by Gasteiger charge is -2.06. The summed E-state index contributed by atoms with van der Waals surface area (Å²) >= 11 is 1.77. The number of nitrogens with zero attached hydrogens (tertiary/aromatic N) is 1. The fourth-order valence-electron chi connectivity index (χ4n) is 1.13. The Morgan fingerprint density at radius 3 is 2.93 bits per heavy atom. The second kappa shape index (κ2) is 7.92. The molecule has 0 saturated heterocycles. The van der Waals surface area contributed by atoms with Crippen LogP contribution >= 0.6 is 35.3 Å². The Balaban J connectivity index is 0.00000196. The van der Waals surface area contributed by atoms with Crippen molar-refractivity contribution < 1.29 is 0 Å². The van der Waals surface area contributed by atoms with Gasteiger partial charge in [0, 0.05) is 17.3 Å². The maximum Gasteiger partial charge on any atom is 0.188 e. The number of hydrogen-bond acceptors (Lipinski definition) is 2. The fraction of sp³-hybridized carbons (Fsp3) is 0.500. The third-order valence-electron chi connectivity index (χ3n) is 1.92. The van der Waals surface area contributed by atoms with E-state index in [0.717, 1.165) is 13.1 Å². The van der Waals surface area contributed by atoms with E-state index in [-0.39, 0.29) is 24.0 Å². The van der Waals surface area contributed by atoms with Crippen molar-refractivity contribution in [3.63, 3.8) is 0 Å². The van der Waals surface area contributed by atoms with Gasteiger partial charge in [0.05, 0.1) is 6.54 Å². The first-order valence-corrected chi connectivity index (χ1v) is 5.69. The van der Waals surface area contributed by atoms with Crippen molar-refractivity contribution in [3.05, 3.63) is 22.4 Å². The lowest BCUT2D eigenvalue weighted by molar-refractivity contribution is 0.781. The minimum atomic E-state index is 0. The minimum Gasteiger partial charge on any atom is -0.370 e. The molecule has 0 bridgehead atoms. The molecular weight excluding hydrogens is 321 g/mol. The van der Waals surface area contributed by atoms with Gasteiger partial charge in [0.25, 0.3) is 0 Å². The van der Waals surface area contributed by atoms with E-state index in [1.807, 2.05) is 6.92 Å². The molecule has 0 fully saturated rings. The number of nitrogens with one attached hydrogen (secondary N) is 1. The zero-order valence-corrected chi connectivity index (χ0v) is 12.2. The van der Waals surface area contributed by atoms with E-state index in [9.17, 15) is 0 Å². The van der Waals surface area contributed by atoms with Crippen LogP contribution in [-0.4, -0.2) is 19.0 Å². The van der Waals surface area contributed by atoms with E-state index in [1.165, 1.54) is 4.88 Å². The van der Waals surface area contributed by atoms with E-state index < -0.39 is 0 Å². The highest BCUT2D eigenvalue weighted by atomic mass is 127. The average molecular weight is 339 g/mol. The van der Waals surface area contributed by atoms with Crippen LogP contribution in [-0.2, 0) is 0 Å². The molecule has 86 valence electrons. The van der Waals surface area contributed by atoms with Crippen LogP contribution in [0.4, 0.5) is 0 Å². The third-order valence-corrected chi connectivity index (χ3v) is 3.03. The predicted octanol–water partition coefficient (Wildman–Crippen LogP) is 2.39. The van der Waals surface area contributed by atoms with Crippen molar-refractivity contribution in [2.24, 2.45) is 10.7 Å². The largest absolute Gasteiger partial charge is 0.370 e. The van der Waals surface area contributed by atoms with Gasteiger partial charge in [-0.05, 0) is 18.4 Å². The van der Waals surface area contributed by atoms with Crippen LogP contribution in [0.3, 0.4) is 0 Å². The smallest absolute Gasteiger partial charge is 0.188 e. The third kappa shape index (κ3) is 5.36. The number of hydrogen-bond donors (Lipinski definition) is 2. The molecule has 1 aromatic heterocycles. The molecule has 3 N–H and O–H groups in total. The quantitative estimate of drug-likeness (QED) is 0.503. The molecule has 0 aliphatic rings.